The number of rotatable bonds is 5. The summed E-state index contributed by atoms with van der Waals surface area (Å²) in [5, 5.41) is 2.41. The molecule has 14 heavy (non-hydrogen) atoms. The fourth-order valence-electron chi connectivity index (χ4n) is 1.99. The van der Waals surface area contributed by atoms with E-state index in [2.05, 4.69) is 31.1 Å². The Morgan fingerprint density at radius 2 is 2.00 bits per heavy atom. The van der Waals surface area contributed by atoms with Crippen molar-refractivity contribution < 1.29 is 5.32 Å². The minimum Gasteiger partial charge on any atom is -0.337 e. The van der Waals surface area contributed by atoms with Crippen molar-refractivity contribution in [3.63, 3.8) is 0 Å². The van der Waals surface area contributed by atoms with Gasteiger partial charge in [0.25, 0.3) is 0 Å². The molecule has 1 heteroatoms. The van der Waals surface area contributed by atoms with Gasteiger partial charge in [-0.15, -0.1) is 13.2 Å². The average Bonchev–Trinajstić information content (AvgIpc) is 2.18. The molecule has 2 atom stereocenters. The monoisotopic (exact) mass is 190 g/mol. The molecule has 1 aliphatic heterocycles. The van der Waals surface area contributed by atoms with Crippen molar-refractivity contribution in [2.45, 2.75) is 31.3 Å². The van der Waals surface area contributed by atoms with E-state index in [0.717, 1.165) is 19.3 Å². The number of quaternary nitrogens is 1. The Morgan fingerprint density at radius 1 is 1.29 bits per heavy atom. The van der Waals surface area contributed by atoms with Crippen molar-refractivity contribution in [2.75, 3.05) is 0 Å². The lowest BCUT2D eigenvalue weighted by molar-refractivity contribution is -0.713. The fraction of sp³-hybridized carbons (Fsp3) is 0.385. The van der Waals surface area contributed by atoms with Crippen LogP contribution in [0.15, 0.2) is 49.6 Å². The standard InChI is InChI=1S/C13H19N/c1-4-7-12-9-11(6-3)10-13(14-12)8-5-2/h4-6,9,12-14H,1-3,7-8,10H2/p+1/t12-,13-/m1/s1. The molecule has 0 fully saturated rings. The van der Waals surface area contributed by atoms with Crippen molar-refractivity contribution in [1.29, 1.82) is 0 Å². The second kappa shape index (κ2) is 5.61. The molecule has 0 aliphatic carbocycles. The van der Waals surface area contributed by atoms with Gasteiger partial charge in [0.15, 0.2) is 0 Å². The van der Waals surface area contributed by atoms with Gasteiger partial charge in [-0.1, -0.05) is 24.8 Å². The summed E-state index contributed by atoms with van der Waals surface area (Å²) in [6.45, 7) is 11.4. The minimum absolute atomic E-state index is 0.541. The Hall–Kier alpha value is -1.08. The largest absolute Gasteiger partial charge is 0.337 e. The van der Waals surface area contributed by atoms with Crippen LogP contribution < -0.4 is 5.32 Å². The van der Waals surface area contributed by atoms with Gasteiger partial charge in [0.1, 0.15) is 6.04 Å². The summed E-state index contributed by atoms with van der Waals surface area (Å²) in [4.78, 5) is 0. The van der Waals surface area contributed by atoms with Gasteiger partial charge in [-0.25, -0.2) is 0 Å². The zero-order chi connectivity index (χ0) is 10.4. The summed E-state index contributed by atoms with van der Waals surface area (Å²) >= 11 is 0. The molecule has 0 spiro atoms. The number of hydrogen-bond acceptors (Lipinski definition) is 0. The first-order valence-corrected chi connectivity index (χ1v) is 5.20. The molecule has 0 aromatic carbocycles. The smallest absolute Gasteiger partial charge is 0.109 e. The van der Waals surface area contributed by atoms with E-state index in [-0.39, 0.29) is 0 Å². The van der Waals surface area contributed by atoms with Crippen LogP contribution in [0.4, 0.5) is 0 Å². The van der Waals surface area contributed by atoms with Gasteiger partial charge in [0.05, 0.1) is 6.04 Å². The Balaban J connectivity index is 2.64. The third-order valence-electron chi connectivity index (χ3n) is 2.62. The summed E-state index contributed by atoms with van der Waals surface area (Å²) in [6, 6.07) is 1.18. The summed E-state index contributed by atoms with van der Waals surface area (Å²) in [5.74, 6) is 0. The van der Waals surface area contributed by atoms with E-state index in [9.17, 15) is 0 Å². The van der Waals surface area contributed by atoms with Crippen molar-refractivity contribution in [1.82, 2.24) is 0 Å². The van der Waals surface area contributed by atoms with Crippen LogP contribution in [-0.4, -0.2) is 12.1 Å². The van der Waals surface area contributed by atoms with Crippen molar-refractivity contribution in [2.24, 2.45) is 0 Å². The molecule has 1 rings (SSSR count). The lowest BCUT2D eigenvalue weighted by atomic mass is 9.94. The predicted octanol–water partition coefficient (Wildman–Crippen LogP) is 1.96. The molecular formula is C13H20N+. The van der Waals surface area contributed by atoms with Crippen LogP contribution in [0.2, 0.25) is 0 Å². The lowest BCUT2D eigenvalue weighted by Crippen LogP contribution is -2.95. The molecule has 0 radical (unpaired) electrons. The zero-order valence-corrected chi connectivity index (χ0v) is 8.78. The first kappa shape index (κ1) is 11.0. The van der Waals surface area contributed by atoms with Gasteiger partial charge in [-0.2, -0.15) is 0 Å². The SMILES string of the molecule is C=CC[C@@H]1CC(C=C)=C[C@@H](CC=C)[NH2+]1. The van der Waals surface area contributed by atoms with Crippen LogP contribution in [0.5, 0.6) is 0 Å². The second-order valence-corrected chi connectivity index (χ2v) is 3.81. The highest BCUT2D eigenvalue weighted by molar-refractivity contribution is 5.20. The van der Waals surface area contributed by atoms with Crippen LogP contribution in [-0.2, 0) is 0 Å². The highest BCUT2D eigenvalue weighted by Gasteiger charge is 2.21. The number of hydrogen-bond donors (Lipinski definition) is 1. The third kappa shape index (κ3) is 3.00. The topological polar surface area (TPSA) is 16.6 Å². The quantitative estimate of drug-likeness (QED) is 0.638. The van der Waals surface area contributed by atoms with Crippen molar-refractivity contribution in [3.8, 4) is 0 Å². The molecule has 0 saturated heterocycles. The summed E-state index contributed by atoms with van der Waals surface area (Å²) in [5.41, 5.74) is 1.37. The number of nitrogens with two attached hydrogens (primary N) is 1. The average molecular weight is 190 g/mol. The summed E-state index contributed by atoms with van der Waals surface area (Å²) in [7, 11) is 0. The highest BCUT2D eigenvalue weighted by Crippen LogP contribution is 2.13. The summed E-state index contributed by atoms with van der Waals surface area (Å²) in [6.07, 6.45) is 11.5. The first-order valence-electron chi connectivity index (χ1n) is 5.20. The van der Waals surface area contributed by atoms with Gasteiger partial charge >= 0.3 is 0 Å². The van der Waals surface area contributed by atoms with Crippen LogP contribution in [0.3, 0.4) is 0 Å². The van der Waals surface area contributed by atoms with E-state index in [1.807, 2.05) is 18.2 Å². The molecule has 1 nitrogen and oxygen atoms in total. The lowest BCUT2D eigenvalue weighted by Gasteiger charge is -2.24. The van der Waals surface area contributed by atoms with E-state index in [4.69, 9.17) is 0 Å². The second-order valence-electron chi connectivity index (χ2n) is 3.81. The van der Waals surface area contributed by atoms with Crippen LogP contribution in [0.25, 0.3) is 0 Å². The van der Waals surface area contributed by atoms with Gasteiger partial charge in [-0.05, 0) is 11.6 Å². The van der Waals surface area contributed by atoms with E-state index in [1.54, 1.807) is 0 Å². The Kier molecular flexibility index (Phi) is 4.41. The molecule has 0 amide bonds. The maximum absolute atomic E-state index is 3.84. The zero-order valence-electron chi connectivity index (χ0n) is 8.78. The Bertz CT molecular complexity index is 250. The summed E-state index contributed by atoms with van der Waals surface area (Å²) < 4.78 is 0. The van der Waals surface area contributed by atoms with Gasteiger partial charge in [0.2, 0.25) is 0 Å². The normalized spacial score (nSPS) is 26.4. The molecule has 0 aromatic heterocycles. The van der Waals surface area contributed by atoms with E-state index in [1.165, 1.54) is 5.57 Å². The molecule has 0 aromatic rings. The Labute approximate surface area is 86.9 Å². The predicted molar refractivity (Wildman–Crippen MR) is 62.0 cm³/mol. The highest BCUT2D eigenvalue weighted by atomic mass is 15.0. The molecule has 0 bridgehead atoms. The molecular weight excluding hydrogens is 170 g/mol. The first-order chi connectivity index (χ1) is 6.80. The van der Waals surface area contributed by atoms with Crippen LogP contribution >= 0.6 is 0 Å². The molecule has 0 saturated carbocycles. The van der Waals surface area contributed by atoms with Crippen molar-refractivity contribution in [3.05, 3.63) is 49.6 Å². The fourth-order valence-corrected chi connectivity index (χ4v) is 1.99. The minimum atomic E-state index is 0.541. The van der Waals surface area contributed by atoms with E-state index in [0.29, 0.717) is 12.1 Å². The maximum Gasteiger partial charge on any atom is 0.109 e. The van der Waals surface area contributed by atoms with Gasteiger partial charge in [-0.3, -0.25) is 0 Å². The van der Waals surface area contributed by atoms with Gasteiger partial charge in [0, 0.05) is 19.3 Å². The molecule has 2 N–H and O–H groups in total. The van der Waals surface area contributed by atoms with E-state index >= 15 is 0 Å². The molecule has 1 heterocycles. The maximum atomic E-state index is 3.84. The Morgan fingerprint density at radius 3 is 2.57 bits per heavy atom. The van der Waals surface area contributed by atoms with Crippen molar-refractivity contribution >= 4 is 0 Å². The van der Waals surface area contributed by atoms with Crippen LogP contribution in [0, 0.1) is 0 Å². The van der Waals surface area contributed by atoms with E-state index < -0.39 is 0 Å². The third-order valence-corrected chi connectivity index (χ3v) is 2.62. The number of allylic oxidation sites excluding steroid dienone is 1. The molecule has 0 unspecified atom stereocenters. The van der Waals surface area contributed by atoms with Gasteiger partial charge < -0.3 is 5.32 Å². The molecule has 76 valence electrons. The van der Waals surface area contributed by atoms with Crippen LogP contribution in [0.1, 0.15) is 19.3 Å². The molecule has 1 aliphatic rings.